The molecule has 1 saturated carbocycles. The normalized spacial score (nSPS) is 23.8. The van der Waals surface area contributed by atoms with Gasteiger partial charge in [0.2, 0.25) is 5.91 Å². The fourth-order valence-electron chi connectivity index (χ4n) is 4.51. The molecule has 1 aliphatic carbocycles. The molecule has 2 N–H and O–H groups in total. The number of hydrogen-bond acceptors (Lipinski definition) is 4. The van der Waals surface area contributed by atoms with Crippen molar-refractivity contribution in [1.82, 2.24) is 20.4 Å². The first-order chi connectivity index (χ1) is 13.5. The van der Waals surface area contributed by atoms with Crippen LogP contribution in [0.1, 0.15) is 42.7 Å². The summed E-state index contributed by atoms with van der Waals surface area (Å²) >= 11 is 1.95. The van der Waals surface area contributed by atoms with Gasteiger partial charge >= 0.3 is 0 Å². The van der Waals surface area contributed by atoms with Gasteiger partial charge in [0.25, 0.3) is 0 Å². The molecule has 0 radical (unpaired) electrons. The van der Waals surface area contributed by atoms with Gasteiger partial charge in [-0.05, 0) is 37.5 Å². The average Bonchev–Trinajstić information content (AvgIpc) is 3.43. The lowest BCUT2D eigenvalue weighted by Crippen LogP contribution is -2.42. The zero-order valence-electron chi connectivity index (χ0n) is 16.8. The predicted octanol–water partition coefficient (Wildman–Crippen LogP) is 3.25. The predicted molar refractivity (Wildman–Crippen MR) is 114 cm³/mol. The molecule has 1 aromatic carbocycles. The van der Waals surface area contributed by atoms with E-state index >= 15 is 0 Å². The second-order valence-electron chi connectivity index (χ2n) is 8.34. The van der Waals surface area contributed by atoms with E-state index in [0.29, 0.717) is 0 Å². The number of aryl methyl sites for hydroxylation is 2. The third-order valence-electron chi connectivity index (χ3n) is 6.16. The number of thioether (sulfide) groups is 1. The van der Waals surface area contributed by atoms with Gasteiger partial charge < -0.3 is 10.6 Å². The maximum atomic E-state index is 13.0. The lowest BCUT2D eigenvalue weighted by molar-refractivity contribution is -0.124. The summed E-state index contributed by atoms with van der Waals surface area (Å²) in [6.45, 7) is 4.45. The van der Waals surface area contributed by atoms with Gasteiger partial charge in [0.05, 0.1) is 12.1 Å². The zero-order chi connectivity index (χ0) is 19.6. The van der Waals surface area contributed by atoms with Crippen LogP contribution in [0.5, 0.6) is 0 Å². The van der Waals surface area contributed by atoms with Crippen LogP contribution in [0, 0.1) is 12.8 Å². The molecule has 2 aromatic rings. The van der Waals surface area contributed by atoms with Gasteiger partial charge in [0, 0.05) is 48.4 Å². The Morgan fingerprint density at radius 2 is 2.04 bits per heavy atom. The number of aromatic nitrogens is 2. The van der Waals surface area contributed by atoms with Crippen LogP contribution in [0.15, 0.2) is 41.6 Å². The Labute approximate surface area is 171 Å². The van der Waals surface area contributed by atoms with Crippen molar-refractivity contribution in [2.24, 2.45) is 13.0 Å². The van der Waals surface area contributed by atoms with Gasteiger partial charge in [0.15, 0.2) is 0 Å². The van der Waals surface area contributed by atoms with Crippen molar-refractivity contribution < 1.29 is 4.79 Å². The van der Waals surface area contributed by atoms with Gasteiger partial charge in [-0.25, -0.2) is 0 Å². The lowest BCUT2D eigenvalue weighted by Gasteiger charge is -2.30. The van der Waals surface area contributed by atoms with Crippen molar-refractivity contribution in [3.05, 3.63) is 47.8 Å². The van der Waals surface area contributed by atoms with Crippen LogP contribution in [0.25, 0.3) is 0 Å². The third kappa shape index (κ3) is 4.28. The Morgan fingerprint density at radius 3 is 2.71 bits per heavy atom. The van der Waals surface area contributed by atoms with Gasteiger partial charge in [0.1, 0.15) is 0 Å². The molecule has 1 aliphatic heterocycles. The highest BCUT2D eigenvalue weighted by Crippen LogP contribution is 2.45. The Balaban J connectivity index is 1.41. The minimum atomic E-state index is -0.0213. The number of rotatable bonds is 6. The summed E-state index contributed by atoms with van der Waals surface area (Å²) in [6.07, 6.45) is 8.75. The molecular weight excluding hydrogens is 368 g/mol. The molecule has 1 saturated heterocycles. The maximum absolute atomic E-state index is 13.0. The van der Waals surface area contributed by atoms with Gasteiger partial charge in [-0.3, -0.25) is 9.48 Å². The number of nitrogens with one attached hydrogen (secondary N) is 2. The van der Waals surface area contributed by atoms with Crippen LogP contribution in [0.2, 0.25) is 0 Å². The molecular formula is C22H30N4OS. The standard InChI is InChI=1S/C22H30N4OS/c1-16-5-7-18(8-6-16)28-22(9-3-4-10-22)15-24-21(27)20-13-23-12-19(20)17-11-25-26(2)14-17/h5-8,11,14,19-20,23H,3-4,9-10,12-13,15H2,1-2H3,(H,24,27)/t19-,20+/m1/s1. The number of benzene rings is 1. The van der Waals surface area contributed by atoms with Gasteiger partial charge in [-0.2, -0.15) is 5.10 Å². The molecule has 0 bridgehead atoms. The number of carbonyl (C=O) groups excluding carboxylic acids is 1. The minimum Gasteiger partial charge on any atom is -0.354 e. The fraction of sp³-hybridized carbons (Fsp3) is 0.545. The van der Waals surface area contributed by atoms with Crippen molar-refractivity contribution in [3.63, 3.8) is 0 Å². The van der Waals surface area contributed by atoms with Crippen molar-refractivity contribution in [3.8, 4) is 0 Å². The van der Waals surface area contributed by atoms with E-state index < -0.39 is 0 Å². The zero-order valence-corrected chi connectivity index (χ0v) is 17.6. The Kier molecular flexibility index (Phi) is 5.78. The number of amides is 1. The van der Waals surface area contributed by atoms with E-state index in [1.165, 1.54) is 36.1 Å². The summed E-state index contributed by atoms with van der Waals surface area (Å²) < 4.78 is 1.94. The topological polar surface area (TPSA) is 59.0 Å². The number of hydrogen-bond donors (Lipinski definition) is 2. The van der Waals surface area contributed by atoms with Crippen LogP contribution >= 0.6 is 11.8 Å². The smallest absolute Gasteiger partial charge is 0.225 e. The van der Waals surface area contributed by atoms with Gasteiger partial charge in [-0.1, -0.05) is 30.5 Å². The summed E-state index contributed by atoms with van der Waals surface area (Å²) in [4.78, 5) is 14.3. The first kappa shape index (κ1) is 19.5. The molecule has 2 aliphatic rings. The number of carbonyl (C=O) groups is 1. The molecule has 1 aromatic heterocycles. The van der Waals surface area contributed by atoms with E-state index in [-0.39, 0.29) is 22.5 Å². The monoisotopic (exact) mass is 398 g/mol. The minimum absolute atomic E-state index is 0.0213. The third-order valence-corrected chi connectivity index (χ3v) is 7.65. The molecule has 5 nitrogen and oxygen atoms in total. The highest BCUT2D eigenvalue weighted by molar-refractivity contribution is 8.00. The van der Waals surface area contributed by atoms with Crippen molar-refractivity contribution >= 4 is 17.7 Å². The molecule has 0 spiro atoms. The summed E-state index contributed by atoms with van der Waals surface area (Å²) in [5.41, 5.74) is 2.44. The number of nitrogens with zero attached hydrogens (tertiary/aromatic N) is 2. The van der Waals surface area contributed by atoms with Crippen LogP contribution in [0.3, 0.4) is 0 Å². The van der Waals surface area contributed by atoms with Crippen molar-refractivity contribution in [2.45, 2.75) is 48.2 Å². The molecule has 150 valence electrons. The lowest BCUT2D eigenvalue weighted by atomic mass is 9.90. The summed E-state index contributed by atoms with van der Waals surface area (Å²) in [5, 5.41) is 11.0. The Bertz CT molecular complexity index is 810. The van der Waals surface area contributed by atoms with Crippen molar-refractivity contribution in [2.75, 3.05) is 19.6 Å². The summed E-state index contributed by atoms with van der Waals surface area (Å²) in [6, 6.07) is 8.76. The van der Waals surface area contributed by atoms with E-state index in [1.807, 2.05) is 35.9 Å². The quantitative estimate of drug-likeness (QED) is 0.784. The summed E-state index contributed by atoms with van der Waals surface area (Å²) in [5.74, 6) is 0.361. The van der Waals surface area contributed by atoms with E-state index in [2.05, 4.69) is 46.9 Å². The van der Waals surface area contributed by atoms with Crippen molar-refractivity contribution in [1.29, 1.82) is 0 Å². The second-order valence-corrected chi connectivity index (χ2v) is 9.88. The highest BCUT2D eigenvalue weighted by Gasteiger charge is 2.38. The van der Waals surface area contributed by atoms with Crippen LogP contribution in [0.4, 0.5) is 0 Å². The molecule has 4 rings (SSSR count). The van der Waals surface area contributed by atoms with Crippen LogP contribution < -0.4 is 10.6 Å². The summed E-state index contributed by atoms with van der Waals surface area (Å²) in [7, 11) is 1.92. The average molecular weight is 399 g/mol. The van der Waals surface area contributed by atoms with E-state index in [1.54, 1.807) is 0 Å². The molecule has 1 amide bonds. The molecule has 2 heterocycles. The largest absolute Gasteiger partial charge is 0.354 e. The molecule has 28 heavy (non-hydrogen) atoms. The Hall–Kier alpha value is -1.79. The second kappa shape index (κ2) is 8.29. The first-order valence-electron chi connectivity index (χ1n) is 10.3. The SMILES string of the molecule is Cc1ccc(SC2(CNC(=O)[C@H]3CNC[C@@H]3c3cnn(C)c3)CCCC2)cc1. The van der Waals surface area contributed by atoms with E-state index in [9.17, 15) is 4.79 Å². The molecule has 2 atom stereocenters. The van der Waals surface area contributed by atoms with Crippen LogP contribution in [-0.4, -0.2) is 40.1 Å². The highest BCUT2D eigenvalue weighted by atomic mass is 32.2. The molecule has 6 heteroatoms. The van der Waals surface area contributed by atoms with E-state index in [4.69, 9.17) is 0 Å². The molecule has 0 unspecified atom stereocenters. The van der Waals surface area contributed by atoms with Crippen LogP contribution in [-0.2, 0) is 11.8 Å². The maximum Gasteiger partial charge on any atom is 0.225 e. The molecule has 2 fully saturated rings. The fourth-order valence-corrected chi connectivity index (χ4v) is 5.92. The van der Waals surface area contributed by atoms with Gasteiger partial charge in [-0.15, -0.1) is 11.8 Å². The van der Waals surface area contributed by atoms with E-state index in [0.717, 1.165) is 25.2 Å². The first-order valence-corrected chi connectivity index (χ1v) is 11.1. The Morgan fingerprint density at radius 1 is 1.29 bits per heavy atom.